The van der Waals surface area contributed by atoms with E-state index in [9.17, 15) is 4.79 Å². The number of nitrogens with zero attached hydrogens (tertiary/aromatic N) is 1. The van der Waals surface area contributed by atoms with Crippen LogP contribution in [-0.4, -0.2) is 24.5 Å². The number of amides is 1. The number of aromatic nitrogens is 1. The third kappa shape index (κ3) is 2.78. The van der Waals surface area contributed by atoms with Crippen molar-refractivity contribution in [1.82, 2.24) is 10.3 Å². The quantitative estimate of drug-likeness (QED) is 0.728. The number of nitrogens with one attached hydrogen (secondary N) is 2. The maximum absolute atomic E-state index is 11.7. The van der Waals surface area contributed by atoms with E-state index in [1.165, 1.54) is 0 Å². The number of hydrogen-bond acceptors (Lipinski definition) is 5. The van der Waals surface area contributed by atoms with Gasteiger partial charge in [0.05, 0.1) is 5.41 Å². The van der Waals surface area contributed by atoms with E-state index in [0.29, 0.717) is 23.8 Å². The standard InChI is InChI=1S/C13H18N4O2/c1-13(2,11(18)15-3)7-16-12-17-9-5-4-8(14)6-10(9)19-12/h4-6H,7,14H2,1-3H3,(H,15,18)(H,16,17). The number of fused-ring (bicyclic) bond motifs is 1. The second kappa shape index (κ2) is 4.79. The van der Waals surface area contributed by atoms with Crippen molar-refractivity contribution in [2.45, 2.75) is 13.8 Å². The van der Waals surface area contributed by atoms with Gasteiger partial charge >= 0.3 is 0 Å². The molecule has 0 bridgehead atoms. The molecule has 0 radical (unpaired) electrons. The number of nitrogen functional groups attached to an aromatic ring is 1. The van der Waals surface area contributed by atoms with E-state index in [4.69, 9.17) is 10.2 Å². The molecule has 0 fully saturated rings. The number of benzene rings is 1. The van der Waals surface area contributed by atoms with Gasteiger partial charge in [0.2, 0.25) is 5.91 Å². The second-order valence-electron chi connectivity index (χ2n) is 5.06. The molecule has 2 rings (SSSR count). The van der Waals surface area contributed by atoms with Crippen LogP contribution in [0.15, 0.2) is 22.6 Å². The second-order valence-corrected chi connectivity index (χ2v) is 5.06. The van der Waals surface area contributed by atoms with Gasteiger partial charge in [-0.15, -0.1) is 0 Å². The summed E-state index contributed by atoms with van der Waals surface area (Å²) in [7, 11) is 1.62. The first-order chi connectivity index (χ1) is 8.92. The Hall–Kier alpha value is -2.24. The summed E-state index contributed by atoms with van der Waals surface area (Å²) in [5, 5.41) is 5.66. The van der Waals surface area contributed by atoms with Crippen molar-refractivity contribution in [2.24, 2.45) is 5.41 Å². The Kier molecular flexibility index (Phi) is 3.33. The summed E-state index contributed by atoms with van der Waals surface area (Å²) in [6.07, 6.45) is 0. The summed E-state index contributed by atoms with van der Waals surface area (Å²) in [5.74, 6) is -0.0413. The first-order valence-corrected chi connectivity index (χ1v) is 6.04. The van der Waals surface area contributed by atoms with E-state index in [1.807, 2.05) is 13.8 Å². The van der Waals surface area contributed by atoms with E-state index in [1.54, 1.807) is 25.2 Å². The predicted molar refractivity (Wildman–Crippen MR) is 74.8 cm³/mol. The number of hydrogen-bond donors (Lipinski definition) is 3. The van der Waals surface area contributed by atoms with E-state index in [2.05, 4.69) is 15.6 Å². The highest BCUT2D eigenvalue weighted by atomic mass is 16.4. The van der Waals surface area contributed by atoms with Crippen LogP contribution in [0.5, 0.6) is 0 Å². The van der Waals surface area contributed by atoms with Crippen molar-refractivity contribution in [3.63, 3.8) is 0 Å². The van der Waals surface area contributed by atoms with E-state index in [-0.39, 0.29) is 5.91 Å². The molecule has 0 unspecified atom stereocenters. The lowest BCUT2D eigenvalue weighted by Gasteiger charge is -2.22. The molecule has 19 heavy (non-hydrogen) atoms. The lowest BCUT2D eigenvalue weighted by molar-refractivity contribution is -0.128. The van der Waals surface area contributed by atoms with Crippen LogP contribution in [-0.2, 0) is 4.79 Å². The van der Waals surface area contributed by atoms with E-state index < -0.39 is 5.41 Å². The summed E-state index contributed by atoms with van der Waals surface area (Å²) < 4.78 is 5.52. The topological polar surface area (TPSA) is 93.2 Å². The zero-order chi connectivity index (χ0) is 14.0. The van der Waals surface area contributed by atoms with Crippen LogP contribution in [0.2, 0.25) is 0 Å². The van der Waals surface area contributed by atoms with Gasteiger partial charge in [0.15, 0.2) is 5.58 Å². The van der Waals surface area contributed by atoms with Crippen molar-refractivity contribution in [3.8, 4) is 0 Å². The highest BCUT2D eigenvalue weighted by Crippen LogP contribution is 2.22. The molecule has 1 aromatic heterocycles. The van der Waals surface area contributed by atoms with Crippen molar-refractivity contribution in [2.75, 3.05) is 24.6 Å². The van der Waals surface area contributed by atoms with Gasteiger partial charge in [-0.25, -0.2) is 0 Å². The van der Waals surface area contributed by atoms with Crippen LogP contribution in [0.1, 0.15) is 13.8 Å². The summed E-state index contributed by atoms with van der Waals surface area (Å²) in [4.78, 5) is 15.9. The highest BCUT2D eigenvalue weighted by molar-refractivity contribution is 5.82. The third-order valence-corrected chi connectivity index (χ3v) is 2.94. The molecule has 102 valence electrons. The Morgan fingerprint density at radius 3 is 2.89 bits per heavy atom. The number of nitrogens with two attached hydrogens (primary N) is 1. The van der Waals surface area contributed by atoms with Gasteiger partial charge in [0.1, 0.15) is 5.52 Å². The summed E-state index contributed by atoms with van der Waals surface area (Å²) in [6.45, 7) is 4.12. The van der Waals surface area contributed by atoms with Crippen molar-refractivity contribution < 1.29 is 9.21 Å². The minimum atomic E-state index is -0.547. The minimum Gasteiger partial charge on any atom is -0.423 e. The monoisotopic (exact) mass is 262 g/mol. The normalized spacial score (nSPS) is 11.5. The summed E-state index contributed by atoms with van der Waals surface area (Å²) >= 11 is 0. The molecule has 0 spiro atoms. The minimum absolute atomic E-state index is 0.0413. The van der Waals surface area contributed by atoms with Crippen LogP contribution in [0.3, 0.4) is 0 Å². The number of carbonyl (C=O) groups excluding carboxylic acids is 1. The zero-order valence-electron chi connectivity index (χ0n) is 11.3. The predicted octanol–water partition coefficient (Wildman–Crippen LogP) is 1.59. The van der Waals surface area contributed by atoms with Crippen molar-refractivity contribution in [3.05, 3.63) is 18.2 Å². The zero-order valence-corrected chi connectivity index (χ0v) is 11.3. The molecule has 0 atom stereocenters. The van der Waals surface area contributed by atoms with E-state index >= 15 is 0 Å². The molecule has 1 amide bonds. The Balaban J connectivity index is 2.12. The van der Waals surface area contributed by atoms with Gasteiger partial charge in [-0.3, -0.25) is 4.79 Å². The van der Waals surface area contributed by atoms with Gasteiger partial charge in [-0.1, -0.05) is 0 Å². The molecule has 1 aromatic carbocycles. The molecule has 1 heterocycles. The summed E-state index contributed by atoms with van der Waals surface area (Å²) in [5.41, 5.74) is 7.11. The van der Waals surface area contributed by atoms with Crippen LogP contribution in [0.4, 0.5) is 11.7 Å². The maximum Gasteiger partial charge on any atom is 0.295 e. The molecule has 4 N–H and O–H groups in total. The molecule has 6 nitrogen and oxygen atoms in total. The Bertz CT molecular complexity index is 604. The summed E-state index contributed by atoms with van der Waals surface area (Å²) in [6, 6.07) is 5.67. The number of carbonyl (C=O) groups is 1. The van der Waals surface area contributed by atoms with Gasteiger partial charge in [0, 0.05) is 25.3 Å². The SMILES string of the molecule is CNC(=O)C(C)(C)CNc1nc2ccc(N)cc2o1. The fraction of sp³-hybridized carbons (Fsp3) is 0.385. The highest BCUT2D eigenvalue weighted by Gasteiger charge is 2.26. The fourth-order valence-electron chi connectivity index (χ4n) is 1.73. The van der Waals surface area contributed by atoms with Crippen LogP contribution in [0.25, 0.3) is 11.1 Å². The largest absolute Gasteiger partial charge is 0.423 e. The molecule has 6 heteroatoms. The third-order valence-electron chi connectivity index (χ3n) is 2.94. The number of anilines is 2. The average Bonchev–Trinajstić information content (AvgIpc) is 2.77. The van der Waals surface area contributed by atoms with Gasteiger partial charge in [0.25, 0.3) is 6.01 Å². The van der Waals surface area contributed by atoms with Crippen molar-refractivity contribution >= 4 is 28.7 Å². The molecule has 0 aliphatic heterocycles. The molecule has 2 aromatic rings. The lowest BCUT2D eigenvalue weighted by Crippen LogP contribution is -2.39. The van der Waals surface area contributed by atoms with Crippen molar-refractivity contribution in [1.29, 1.82) is 0 Å². The first kappa shape index (κ1) is 13.2. The molecule has 0 saturated heterocycles. The Labute approximate surface area is 111 Å². The lowest BCUT2D eigenvalue weighted by atomic mass is 9.92. The van der Waals surface area contributed by atoms with Gasteiger partial charge in [-0.2, -0.15) is 4.98 Å². The van der Waals surface area contributed by atoms with Gasteiger partial charge in [-0.05, 0) is 26.0 Å². The smallest absolute Gasteiger partial charge is 0.295 e. The number of rotatable bonds is 4. The number of oxazole rings is 1. The van der Waals surface area contributed by atoms with Gasteiger partial charge < -0.3 is 20.8 Å². The Morgan fingerprint density at radius 1 is 1.47 bits per heavy atom. The average molecular weight is 262 g/mol. The van der Waals surface area contributed by atoms with E-state index in [0.717, 1.165) is 5.52 Å². The molecule has 0 saturated carbocycles. The maximum atomic E-state index is 11.7. The molecule has 0 aliphatic carbocycles. The van der Waals surface area contributed by atoms with Crippen LogP contribution < -0.4 is 16.4 Å². The Morgan fingerprint density at radius 2 is 2.21 bits per heavy atom. The van der Waals surface area contributed by atoms with Crippen LogP contribution in [0, 0.1) is 5.41 Å². The fourth-order valence-corrected chi connectivity index (χ4v) is 1.73. The molecule has 0 aliphatic rings. The first-order valence-electron chi connectivity index (χ1n) is 6.04. The molecular weight excluding hydrogens is 244 g/mol. The molecular formula is C13H18N4O2. The van der Waals surface area contributed by atoms with Crippen LogP contribution >= 0.6 is 0 Å².